The van der Waals surface area contributed by atoms with Gasteiger partial charge in [-0.25, -0.2) is 4.79 Å². The van der Waals surface area contributed by atoms with Crippen LogP contribution in [0.2, 0.25) is 0 Å². The average molecular weight is 407 g/mol. The van der Waals surface area contributed by atoms with Crippen LogP contribution in [0.4, 0.5) is 23.7 Å². The maximum Gasteiger partial charge on any atom is 0.416 e. The zero-order valence-electron chi connectivity index (χ0n) is 16.1. The van der Waals surface area contributed by atoms with E-state index in [1.54, 1.807) is 0 Å². The SMILES string of the molecule is C[C@@H](NC(=O)Nc1cccc(C(F)(F)F)c1)[C@@H](c1ccccc1)N1CCOCC1. The number of anilines is 1. The van der Waals surface area contributed by atoms with Crippen LogP contribution in [0.5, 0.6) is 0 Å². The van der Waals surface area contributed by atoms with Gasteiger partial charge in [0.05, 0.1) is 24.8 Å². The Balaban J connectivity index is 1.70. The number of hydrogen-bond acceptors (Lipinski definition) is 3. The maximum absolute atomic E-state index is 12.9. The third kappa shape index (κ3) is 5.71. The van der Waals surface area contributed by atoms with Gasteiger partial charge in [0, 0.05) is 24.8 Å². The number of amides is 2. The normalized spacial score (nSPS) is 17.4. The van der Waals surface area contributed by atoms with E-state index in [-0.39, 0.29) is 17.8 Å². The smallest absolute Gasteiger partial charge is 0.379 e. The Bertz CT molecular complexity index is 808. The molecule has 0 bridgehead atoms. The van der Waals surface area contributed by atoms with Crippen molar-refractivity contribution in [1.29, 1.82) is 0 Å². The lowest BCUT2D eigenvalue weighted by Crippen LogP contribution is -2.49. The molecule has 156 valence electrons. The number of urea groups is 1. The summed E-state index contributed by atoms with van der Waals surface area (Å²) >= 11 is 0. The molecule has 3 rings (SSSR count). The van der Waals surface area contributed by atoms with E-state index >= 15 is 0 Å². The highest BCUT2D eigenvalue weighted by Crippen LogP contribution is 2.31. The molecule has 1 aliphatic heterocycles. The van der Waals surface area contributed by atoms with Gasteiger partial charge >= 0.3 is 12.2 Å². The Labute approximate surface area is 167 Å². The van der Waals surface area contributed by atoms with Crippen molar-refractivity contribution in [2.45, 2.75) is 25.2 Å². The molecule has 2 amide bonds. The first-order chi connectivity index (χ1) is 13.8. The number of hydrogen-bond donors (Lipinski definition) is 2. The minimum atomic E-state index is -4.46. The lowest BCUT2D eigenvalue weighted by Gasteiger charge is -2.38. The van der Waals surface area contributed by atoms with Crippen LogP contribution in [-0.2, 0) is 10.9 Å². The van der Waals surface area contributed by atoms with Gasteiger partial charge in [0.15, 0.2) is 0 Å². The number of halogens is 3. The number of alkyl halides is 3. The van der Waals surface area contributed by atoms with Gasteiger partial charge in [-0.1, -0.05) is 36.4 Å². The number of nitrogens with zero attached hydrogens (tertiary/aromatic N) is 1. The van der Waals surface area contributed by atoms with Gasteiger partial charge in [-0.2, -0.15) is 13.2 Å². The predicted molar refractivity (Wildman–Crippen MR) is 105 cm³/mol. The van der Waals surface area contributed by atoms with Crippen molar-refractivity contribution in [2.24, 2.45) is 0 Å². The van der Waals surface area contributed by atoms with Gasteiger partial charge < -0.3 is 15.4 Å². The van der Waals surface area contributed by atoms with Crippen molar-refractivity contribution in [3.63, 3.8) is 0 Å². The number of carbonyl (C=O) groups excluding carboxylic acids is 1. The highest BCUT2D eigenvalue weighted by Gasteiger charge is 2.31. The van der Waals surface area contributed by atoms with Crippen LogP contribution >= 0.6 is 0 Å². The summed E-state index contributed by atoms with van der Waals surface area (Å²) in [5.41, 5.74) is 0.340. The quantitative estimate of drug-likeness (QED) is 0.778. The minimum Gasteiger partial charge on any atom is -0.379 e. The lowest BCUT2D eigenvalue weighted by molar-refractivity contribution is -0.137. The van der Waals surface area contributed by atoms with E-state index in [2.05, 4.69) is 15.5 Å². The molecular formula is C21H24F3N3O2. The molecule has 2 atom stereocenters. The van der Waals surface area contributed by atoms with E-state index in [1.165, 1.54) is 12.1 Å². The number of morpholine rings is 1. The molecule has 2 N–H and O–H groups in total. The molecule has 0 aromatic heterocycles. The van der Waals surface area contributed by atoms with Crippen LogP contribution in [0.3, 0.4) is 0 Å². The second kappa shape index (κ2) is 9.28. The molecule has 0 aliphatic carbocycles. The van der Waals surface area contributed by atoms with E-state index in [4.69, 9.17) is 4.74 Å². The molecule has 2 aromatic rings. The lowest BCUT2D eigenvalue weighted by atomic mass is 9.98. The van der Waals surface area contributed by atoms with Crippen molar-refractivity contribution in [3.05, 3.63) is 65.7 Å². The summed E-state index contributed by atoms with van der Waals surface area (Å²) in [7, 11) is 0. The summed E-state index contributed by atoms with van der Waals surface area (Å²) in [5.74, 6) is 0. The summed E-state index contributed by atoms with van der Waals surface area (Å²) in [5, 5.41) is 5.37. The molecule has 0 spiro atoms. The van der Waals surface area contributed by atoms with Crippen molar-refractivity contribution >= 4 is 11.7 Å². The molecule has 5 nitrogen and oxygen atoms in total. The van der Waals surface area contributed by atoms with Crippen LogP contribution < -0.4 is 10.6 Å². The molecular weight excluding hydrogens is 383 g/mol. The van der Waals surface area contributed by atoms with Gasteiger partial charge in [0.2, 0.25) is 0 Å². The highest BCUT2D eigenvalue weighted by atomic mass is 19.4. The Morgan fingerprint density at radius 3 is 2.41 bits per heavy atom. The number of carbonyl (C=O) groups is 1. The van der Waals surface area contributed by atoms with E-state index < -0.39 is 17.8 Å². The van der Waals surface area contributed by atoms with Gasteiger partial charge in [0.25, 0.3) is 0 Å². The summed E-state index contributed by atoms with van der Waals surface area (Å²) < 4.78 is 44.0. The largest absolute Gasteiger partial charge is 0.416 e. The molecule has 29 heavy (non-hydrogen) atoms. The minimum absolute atomic E-state index is 0.0765. The highest BCUT2D eigenvalue weighted by molar-refractivity contribution is 5.89. The number of benzene rings is 2. The fourth-order valence-corrected chi connectivity index (χ4v) is 3.55. The number of rotatable bonds is 5. The predicted octanol–water partition coefficient (Wildman–Crippen LogP) is 4.29. The second-order valence-electron chi connectivity index (χ2n) is 6.97. The van der Waals surface area contributed by atoms with E-state index in [0.717, 1.165) is 30.8 Å². The van der Waals surface area contributed by atoms with E-state index in [0.29, 0.717) is 13.2 Å². The molecule has 8 heteroatoms. The Morgan fingerprint density at radius 2 is 1.76 bits per heavy atom. The van der Waals surface area contributed by atoms with E-state index in [1.807, 2.05) is 37.3 Å². The monoisotopic (exact) mass is 407 g/mol. The number of ether oxygens (including phenoxy) is 1. The average Bonchev–Trinajstić information content (AvgIpc) is 2.69. The van der Waals surface area contributed by atoms with Gasteiger partial charge in [0.1, 0.15) is 0 Å². The molecule has 0 saturated carbocycles. The van der Waals surface area contributed by atoms with Gasteiger partial charge in [-0.15, -0.1) is 0 Å². The van der Waals surface area contributed by atoms with Gasteiger partial charge in [-0.3, -0.25) is 4.90 Å². The first kappa shape index (κ1) is 21.1. The molecule has 1 aliphatic rings. The van der Waals surface area contributed by atoms with Crippen molar-refractivity contribution in [2.75, 3.05) is 31.6 Å². The van der Waals surface area contributed by atoms with Crippen molar-refractivity contribution in [1.82, 2.24) is 10.2 Å². The zero-order chi connectivity index (χ0) is 20.9. The summed E-state index contributed by atoms with van der Waals surface area (Å²) in [6.07, 6.45) is -4.46. The Kier molecular flexibility index (Phi) is 6.76. The first-order valence-corrected chi connectivity index (χ1v) is 9.46. The zero-order valence-corrected chi connectivity index (χ0v) is 16.1. The summed E-state index contributed by atoms with van der Waals surface area (Å²) in [6.45, 7) is 4.60. The molecule has 2 aromatic carbocycles. The Morgan fingerprint density at radius 1 is 1.07 bits per heavy atom. The van der Waals surface area contributed by atoms with Crippen LogP contribution in [0.15, 0.2) is 54.6 Å². The Hall–Kier alpha value is -2.58. The molecule has 1 heterocycles. The van der Waals surface area contributed by atoms with Crippen molar-refractivity contribution in [3.8, 4) is 0 Å². The van der Waals surface area contributed by atoms with E-state index in [9.17, 15) is 18.0 Å². The van der Waals surface area contributed by atoms with Crippen LogP contribution in [0, 0.1) is 0 Å². The van der Waals surface area contributed by atoms with Gasteiger partial charge in [-0.05, 0) is 30.7 Å². The number of nitrogens with one attached hydrogen (secondary N) is 2. The summed E-state index contributed by atoms with van der Waals surface area (Å²) in [6, 6.07) is 13.5. The molecule has 1 fully saturated rings. The van der Waals surface area contributed by atoms with Crippen LogP contribution in [-0.4, -0.2) is 43.3 Å². The second-order valence-corrected chi connectivity index (χ2v) is 6.97. The third-order valence-corrected chi connectivity index (χ3v) is 4.86. The van der Waals surface area contributed by atoms with Crippen LogP contribution in [0.25, 0.3) is 0 Å². The van der Waals surface area contributed by atoms with Crippen molar-refractivity contribution < 1.29 is 22.7 Å². The topological polar surface area (TPSA) is 53.6 Å². The fraction of sp³-hybridized carbons (Fsp3) is 0.381. The first-order valence-electron chi connectivity index (χ1n) is 9.46. The third-order valence-electron chi connectivity index (χ3n) is 4.86. The maximum atomic E-state index is 12.9. The fourth-order valence-electron chi connectivity index (χ4n) is 3.55. The molecule has 0 unspecified atom stereocenters. The standard InChI is InChI=1S/C21H24F3N3O2/c1-15(19(16-6-3-2-4-7-16)27-10-12-29-13-11-27)25-20(28)26-18-9-5-8-17(14-18)21(22,23)24/h2-9,14-15,19H,10-13H2,1H3,(H2,25,26,28)/t15-,19+/m1/s1. The van der Waals surface area contributed by atoms with Crippen LogP contribution in [0.1, 0.15) is 24.1 Å². The summed E-state index contributed by atoms with van der Waals surface area (Å²) in [4.78, 5) is 14.7. The molecule has 1 saturated heterocycles. The molecule has 0 radical (unpaired) electrons.